The van der Waals surface area contributed by atoms with Crippen molar-refractivity contribution in [3.05, 3.63) is 0 Å². The fourth-order valence-corrected chi connectivity index (χ4v) is 4.47. The Hall–Kier alpha value is -0.0400. The molecule has 0 amide bonds. The van der Waals surface area contributed by atoms with Crippen LogP contribution in [0.5, 0.6) is 0 Å². The summed E-state index contributed by atoms with van der Waals surface area (Å²) in [7, 11) is 0. The van der Waals surface area contributed by atoms with E-state index in [0.717, 1.165) is 12.8 Å². The SMILES string of the molecule is O[C@H]1CC[C@@]23CCCC[C@]2(CC3)C1. The summed E-state index contributed by atoms with van der Waals surface area (Å²) in [6, 6.07) is 0. The van der Waals surface area contributed by atoms with E-state index >= 15 is 0 Å². The molecule has 1 N–H and O–H groups in total. The highest BCUT2D eigenvalue weighted by Crippen LogP contribution is 2.70. The number of hydrogen-bond donors (Lipinski definition) is 1. The Balaban J connectivity index is 1.89. The molecule has 3 atom stereocenters. The molecule has 1 nitrogen and oxygen atoms in total. The van der Waals surface area contributed by atoms with Crippen molar-refractivity contribution in [2.75, 3.05) is 0 Å². The molecule has 3 rings (SSSR count). The molecule has 0 bridgehead atoms. The molecule has 0 aliphatic heterocycles. The lowest BCUT2D eigenvalue weighted by Gasteiger charge is -2.66. The summed E-state index contributed by atoms with van der Waals surface area (Å²) in [4.78, 5) is 0. The second-order valence-corrected chi connectivity index (χ2v) is 5.66. The lowest BCUT2D eigenvalue weighted by atomic mass is 9.39. The van der Waals surface area contributed by atoms with Gasteiger partial charge >= 0.3 is 0 Å². The molecule has 0 spiro atoms. The zero-order chi connectivity index (χ0) is 8.94. The lowest BCUT2D eigenvalue weighted by Crippen LogP contribution is -2.57. The number of hydrogen-bond acceptors (Lipinski definition) is 1. The average molecular weight is 180 g/mol. The first-order chi connectivity index (χ1) is 6.27. The van der Waals surface area contributed by atoms with Crippen LogP contribution in [0.25, 0.3) is 0 Å². The Bertz CT molecular complexity index is 225. The van der Waals surface area contributed by atoms with Crippen molar-refractivity contribution in [1.82, 2.24) is 0 Å². The third kappa shape index (κ3) is 0.918. The van der Waals surface area contributed by atoms with Crippen LogP contribution >= 0.6 is 0 Å². The van der Waals surface area contributed by atoms with E-state index < -0.39 is 0 Å². The van der Waals surface area contributed by atoms with Gasteiger partial charge in [0.05, 0.1) is 6.10 Å². The number of rotatable bonds is 0. The highest BCUT2D eigenvalue weighted by Gasteiger charge is 2.60. The van der Waals surface area contributed by atoms with Gasteiger partial charge in [-0.2, -0.15) is 0 Å². The molecule has 1 heteroatoms. The monoisotopic (exact) mass is 180 g/mol. The summed E-state index contributed by atoms with van der Waals surface area (Å²) < 4.78 is 0. The van der Waals surface area contributed by atoms with E-state index in [-0.39, 0.29) is 6.10 Å². The van der Waals surface area contributed by atoms with Gasteiger partial charge in [0.2, 0.25) is 0 Å². The zero-order valence-electron chi connectivity index (χ0n) is 8.39. The van der Waals surface area contributed by atoms with Gasteiger partial charge in [0.1, 0.15) is 0 Å². The molecule has 74 valence electrons. The van der Waals surface area contributed by atoms with Crippen LogP contribution in [0.1, 0.15) is 57.8 Å². The van der Waals surface area contributed by atoms with Crippen molar-refractivity contribution >= 4 is 0 Å². The molecule has 3 aliphatic carbocycles. The largest absolute Gasteiger partial charge is 0.393 e. The van der Waals surface area contributed by atoms with Gasteiger partial charge in [0, 0.05) is 0 Å². The minimum Gasteiger partial charge on any atom is -0.393 e. The first-order valence-corrected chi connectivity index (χ1v) is 5.95. The quantitative estimate of drug-likeness (QED) is 0.607. The molecular weight excluding hydrogens is 160 g/mol. The van der Waals surface area contributed by atoms with Crippen molar-refractivity contribution in [3.63, 3.8) is 0 Å². The molecule has 3 aliphatic rings. The predicted octanol–water partition coefficient (Wildman–Crippen LogP) is 2.87. The summed E-state index contributed by atoms with van der Waals surface area (Å²) in [5, 5.41) is 9.76. The van der Waals surface area contributed by atoms with Gasteiger partial charge in [-0.3, -0.25) is 0 Å². The Morgan fingerprint density at radius 1 is 0.846 bits per heavy atom. The average Bonchev–Trinajstić information content (AvgIpc) is 2.11. The van der Waals surface area contributed by atoms with Gasteiger partial charge in [-0.25, -0.2) is 0 Å². The Kier molecular flexibility index (Phi) is 1.59. The van der Waals surface area contributed by atoms with Crippen LogP contribution in [0.4, 0.5) is 0 Å². The molecule has 0 heterocycles. The summed E-state index contributed by atoms with van der Waals surface area (Å²) in [5.41, 5.74) is 1.33. The molecule has 3 saturated carbocycles. The zero-order valence-corrected chi connectivity index (χ0v) is 8.39. The van der Waals surface area contributed by atoms with E-state index in [1.165, 1.54) is 44.9 Å². The molecule has 13 heavy (non-hydrogen) atoms. The molecule has 0 aromatic rings. The van der Waals surface area contributed by atoms with Crippen LogP contribution in [-0.2, 0) is 0 Å². The second-order valence-electron chi connectivity index (χ2n) is 5.66. The molecule has 0 unspecified atom stereocenters. The van der Waals surface area contributed by atoms with Gasteiger partial charge in [-0.15, -0.1) is 0 Å². The summed E-state index contributed by atoms with van der Waals surface area (Å²) in [5.74, 6) is 0. The van der Waals surface area contributed by atoms with E-state index in [4.69, 9.17) is 0 Å². The third-order valence-electron chi connectivity index (χ3n) is 5.35. The van der Waals surface area contributed by atoms with E-state index in [0.29, 0.717) is 10.8 Å². The van der Waals surface area contributed by atoms with E-state index in [2.05, 4.69) is 0 Å². The fourth-order valence-electron chi connectivity index (χ4n) is 4.47. The van der Waals surface area contributed by atoms with E-state index in [1.807, 2.05) is 0 Å². The molecular formula is C12H20O. The van der Waals surface area contributed by atoms with Crippen LogP contribution in [0, 0.1) is 10.8 Å². The van der Waals surface area contributed by atoms with Gasteiger partial charge < -0.3 is 5.11 Å². The maximum absolute atomic E-state index is 9.76. The Morgan fingerprint density at radius 3 is 2.23 bits per heavy atom. The number of aliphatic hydroxyl groups excluding tert-OH is 1. The van der Waals surface area contributed by atoms with Crippen LogP contribution in [0.15, 0.2) is 0 Å². The fraction of sp³-hybridized carbons (Fsp3) is 1.00. The first kappa shape index (κ1) is 8.28. The first-order valence-electron chi connectivity index (χ1n) is 5.95. The van der Waals surface area contributed by atoms with Crippen molar-refractivity contribution in [2.45, 2.75) is 63.9 Å². The van der Waals surface area contributed by atoms with Crippen LogP contribution in [-0.4, -0.2) is 11.2 Å². The number of aliphatic hydroxyl groups is 1. The summed E-state index contributed by atoms with van der Waals surface area (Å²) in [6.45, 7) is 0. The summed E-state index contributed by atoms with van der Waals surface area (Å²) >= 11 is 0. The standard InChI is InChI=1S/C12H20O/c13-10-3-6-11-4-1-2-5-12(11,9-10)8-7-11/h10,13H,1-9H2/t10-,11+,12-/m0/s1. The minimum absolute atomic E-state index is 0.0338. The molecule has 3 fully saturated rings. The molecule has 0 aromatic carbocycles. The maximum Gasteiger partial charge on any atom is 0.0546 e. The van der Waals surface area contributed by atoms with Crippen LogP contribution < -0.4 is 0 Å². The Labute approximate surface area is 80.5 Å². The van der Waals surface area contributed by atoms with Gasteiger partial charge in [0.25, 0.3) is 0 Å². The topological polar surface area (TPSA) is 20.2 Å². The van der Waals surface area contributed by atoms with Crippen molar-refractivity contribution in [3.8, 4) is 0 Å². The predicted molar refractivity (Wildman–Crippen MR) is 52.4 cm³/mol. The van der Waals surface area contributed by atoms with Crippen LogP contribution in [0.3, 0.4) is 0 Å². The van der Waals surface area contributed by atoms with Gasteiger partial charge in [-0.05, 0) is 55.8 Å². The maximum atomic E-state index is 9.76. The summed E-state index contributed by atoms with van der Waals surface area (Å²) in [6.07, 6.45) is 12.2. The molecule has 0 aromatic heterocycles. The van der Waals surface area contributed by atoms with Gasteiger partial charge in [-0.1, -0.05) is 12.8 Å². The lowest BCUT2D eigenvalue weighted by molar-refractivity contribution is -0.175. The highest BCUT2D eigenvalue weighted by atomic mass is 16.3. The van der Waals surface area contributed by atoms with Crippen molar-refractivity contribution in [1.29, 1.82) is 0 Å². The Morgan fingerprint density at radius 2 is 1.54 bits per heavy atom. The smallest absolute Gasteiger partial charge is 0.0546 e. The second kappa shape index (κ2) is 2.50. The van der Waals surface area contributed by atoms with Gasteiger partial charge in [0.15, 0.2) is 0 Å². The minimum atomic E-state index is 0.0338. The van der Waals surface area contributed by atoms with Crippen molar-refractivity contribution < 1.29 is 5.11 Å². The highest BCUT2D eigenvalue weighted by molar-refractivity contribution is 5.11. The van der Waals surface area contributed by atoms with E-state index in [1.54, 1.807) is 0 Å². The molecule has 0 saturated heterocycles. The van der Waals surface area contributed by atoms with E-state index in [9.17, 15) is 5.11 Å². The third-order valence-corrected chi connectivity index (χ3v) is 5.35. The van der Waals surface area contributed by atoms with Crippen molar-refractivity contribution in [2.24, 2.45) is 10.8 Å². The molecule has 0 radical (unpaired) electrons. The normalized spacial score (nSPS) is 54.7. The van der Waals surface area contributed by atoms with Crippen LogP contribution in [0.2, 0.25) is 0 Å².